The minimum absolute atomic E-state index is 0.0792. The van der Waals surface area contributed by atoms with Crippen molar-refractivity contribution < 1.29 is 9.53 Å². The lowest BCUT2D eigenvalue weighted by Crippen LogP contribution is -2.47. The van der Waals surface area contributed by atoms with Gasteiger partial charge in [0.1, 0.15) is 5.69 Å². The Morgan fingerprint density at radius 2 is 1.70 bits per heavy atom. The number of ether oxygens (including phenoxy) is 1. The van der Waals surface area contributed by atoms with Gasteiger partial charge >= 0.3 is 0 Å². The zero-order chi connectivity index (χ0) is 22.8. The van der Waals surface area contributed by atoms with Crippen LogP contribution in [0.2, 0.25) is 0 Å². The molecule has 5 rings (SSSR count). The van der Waals surface area contributed by atoms with Crippen LogP contribution in [0.4, 0.5) is 5.69 Å². The van der Waals surface area contributed by atoms with E-state index in [-0.39, 0.29) is 6.04 Å². The molecule has 4 aromatic rings. The SMILES string of the molecule is Cc1cc(C=O)c(-n2nccn2)c(N2CCOC[C@H]2Cc2ccc(C)c(-n3nccn3)c2)c1. The number of anilines is 1. The van der Waals surface area contributed by atoms with E-state index < -0.39 is 0 Å². The molecular formula is C24H25N7O2. The third-order valence-corrected chi connectivity index (χ3v) is 5.93. The third kappa shape index (κ3) is 4.14. The highest BCUT2D eigenvalue weighted by Crippen LogP contribution is 2.32. The lowest BCUT2D eigenvalue weighted by molar-refractivity contribution is 0.0940. The molecule has 0 unspecified atom stereocenters. The van der Waals surface area contributed by atoms with Gasteiger partial charge in [-0.05, 0) is 55.2 Å². The zero-order valence-electron chi connectivity index (χ0n) is 18.6. The molecule has 1 fully saturated rings. The molecule has 1 aliphatic rings. The Balaban J connectivity index is 1.53. The van der Waals surface area contributed by atoms with E-state index in [1.165, 1.54) is 4.80 Å². The number of nitrogens with zero attached hydrogens (tertiary/aromatic N) is 7. The van der Waals surface area contributed by atoms with Crippen molar-refractivity contribution in [3.63, 3.8) is 0 Å². The first-order valence-electron chi connectivity index (χ1n) is 10.9. The number of carbonyl (C=O) groups excluding carboxylic acids is 1. The van der Waals surface area contributed by atoms with Gasteiger partial charge in [-0.25, -0.2) is 0 Å². The molecule has 9 heteroatoms. The Labute approximate surface area is 191 Å². The molecule has 1 aliphatic heterocycles. The summed E-state index contributed by atoms with van der Waals surface area (Å²) in [5.41, 5.74) is 6.43. The van der Waals surface area contributed by atoms with Gasteiger partial charge in [-0.15, -0.1) is 4.80 Å². The van der Waals surface area contributed by atoms with Crippen LogP contribution in [0.5, 0.6) is 0 Å². The number of carbonyl (C=O) groups is 1. The van der Waals surface area contributed by atoms with Crippen LogP contribution in [-0.2, 0) is 11.2 Å². The highest BCUT2D eigenvalue weighted by atomic mass is 16.5. The summed E-state index contributed by atoms with van der Waals surface area (Å²) in [6, 6.07) is 10.4. The summed E-state index contributed by atoms with van der Waals surface area (Å²) in [4.78, 5) is 17.4. The van der Waals surface area contributed by atoms with Crippen molar-refractivity contribution in [2.45, 2.75) is 26.3 Å². The molecule has 9 nitrogen and oxygen atoms in total. The van der Waals surface area contributed by atoms with Gasteiger partial charge < -0.3 is 9.64 Å². The smallest absolute Gasteiger partial charge is 0.152 e. The van der Waals surface area contributed by atoms with Gasteiger partial charge in [0.25, 0.3) is 0 Å². The van der Waals surface area contributed by atoms with Crippen molar-refractivity contribution in [3.05, 3.63) is 77.4 Å². The standard InChI is InChI=1S/C24H25N7O2/c1-17-11-20(15-32)24(31-27-7-8-28-31)23(12-17)29-9-10-33-16-21(29)13-19-4-3-18(2)22(14-19)30-25-5-6-26-30/h3-8,11-12,14-15,21H,9-10,13,16H2,1-2H3/t21-/m1/s1. The monoisotopic (exact) mass is 443 g/mol. The Morgan fingerprint density at radius 3 is 2.42 bits per heavy atom. The average molecular weight is 444 g/mol. The molecule has 2 aromatic carbocycles. The molecule has 2 aromatic heterocycles. The molecule has 0 aliphatic carbocycles. The molecule has 33 heavy (non-hydrogen) atoms. The fourth-order valence-corrected chi connectivity index (χ4v) is 4.40. The van der Waals surface area contributed by atoms with Crippen LogP contribution in [0.1, 0.15) is 27.0 Å². The lowest BCUT2D eigenvalue weighted by Gasteiger charge is -2.38. The quantitative estimate of drug-likeness (QED) is 0.423. The summed E-state index contributed by atoms with van der Waals surface area (Å²) in [5, 5.41) is 17.2. The molecule has 0 bridgehead atoms. The second-order valence-electron chi connectivity index (χ2n) is 8.22. The second kappa shape index (κ2) is 8.95. The predicted molar refractivity (Wildman–Crippen MR) is 123 cm³/mol. The molecule has 0 saturated carbocycles. The van der Waals surface area contributed by atoms with Crippen molar-refractivity contribution in [3.8, 4) is 11.4 Å². The molecular weight excluding hydrogens is 418 g/mol. The van der Waals surface area contributed by atoms with Crippen LogP contribution in [-0.4, -0.2) is 62.1 Å². The Hall–Kier alpha value is -3.85. The summed E-state index contributed by atoms with van der Waals surface area (Å²) >= 11 is 0. The largest absolute Gasteiger partial charge is 0.377 e. The number of aldehydes is 1. The third-order valence-electron chi connectivity index (χ3n) is 5.93. The number of aryl methyl sites for hydroxylation is 2. The van der Waals surface area contributed by atoms with Crippen LogP contribution in [0.25, 0.3) is 11.4 Å². The van der Waals surface area contributed by atoms with E-state index in [9.17, 15) is 4.79 Å². The van der Waals surface area contributed by atoms with Crippen LogP contribution >= 0.6 is 0 Å². The minimum atomic E-state index is 0.0792. The lowest BCUT2D eigenvalue weighted by atomic mass is 9.99. The maximum Gasteiger partial charge on any atom is 0.152 e. The van der Waals surface area contributed by atoms with E-state index in [1.807, 2.05) is 13.0 Å². The predicted octanol–water partition coefficient (Wildman–Crippen LogP) is 2.73. The molecule has 0 spiro atoms. The summed E-state index contributed by atoms with van der Waals surface area (Å²) in [5.74, 6) is 0. The van der Waals surface area contributed by atoms with Crippen LogP contribution < -0.4 is 4.90 Å². The van der Waals surface area contributed by atoms with E-state index in [4.69, 9.17) is 4.74 Å². The van der Waals surface area contributed by atoms with Crippen molar-refractivity contribution in [2.75, 3.05) is 24.7 Å². The summed E-state index contributed by atoms with van der Waals surface area (Å²) < 4.78 is 5.87. The van der Waals surface area contributed by atoms with Crippen molar-refractivity contribution in [2.24, 2.45) is 0 Å². The average Bonchev–Trinajstić information content (AvgIpc) is 3.55. The van der Waals surface area contributed by atoms with E-state index >= 15 is 0 Å². The van der Waals surface area contributed by atoms with Crippen LogP contribution in [0.3, 0.4) is 0 Å². The first-order chi connectivity index (χ1) is 16.1. The first kappa shape index (κ1) is 21.0. The Bertz CT molecular complexity index is 1250. The molecule has 0 radical (unpaired) electrons. The number of morpholine rings is 1. The second-order valence-corrected chi connectivity index (χ2v) is 8.22. The van der Waals surface area contributed by atoms with E-state index in [1.54, 1.807) is 29.6 Å². The molecule has 1 atom stereocenters. The Kier molecular flexibility index (Phi) is 5.70. The highest BCUT2D eigenvalue weighted by molar-refractivity contribution is 5.87. The molecule has 3 heterocycles. The zero-order valence-corrected chi connectivity index (χ0v) is 18.6. The minimum Gasteiger partial charge on any atom is -0.377 e. The molecule has 0 N–H and O–H groups in total. The summed E-state index contributed by atoms with van der Waals surface area (Å²) in [6.45, 7) is 5.95. The number of benzene rings is 2. The van der Waals surface area contributed by atoms with E-state index in [2.05, 4.69) is 56.5 Å². The van der Waals surface area contributed by atoms with Gasteiger partial charge in [-0.1, -0.05) is 12.1 Å². The van der Waals surface area contributed by atoms with Crippen LogP contribution in [0.15, 0.2) is 55.1 Å². The maximum absolute atomic E-state index is 11.9. The van der Waals surface area contributed by atoms with Gasteiger partial charge in [0, 0.05) is 12.1 Å². The Morgan fingerprint density at radius 1 is 0.970 bits per heavy atom. The van der Waals surface area contributed by atoms with Gasteiger partial charge in [0.05, 0.1) is 55.4 Å². The van der Waals surface area contributed by atoms with Gasteiger partial charge in [0.2, 0.25) is 0 Å². The number of hydrogen-bond donors (Lipinski definition) is 0. The summed E-state index contributed by atoms with van der Waals surface area (Å²) in [6.07, 6.45) is 8.23. The van der Waals surface area contributed by atoms with E-state index in [0.29, 0.717) is 31.0 Å². The molecule has 1 saturated heterocycles. The van der Waals surface area contributed by atoms with Gasteiger partial charge in [0.15, 0.2) is 6.29 Å². The number of rotatable bonds is 6. The summed E-state index contributed by atoms with van der Waals surface area (Å²) in [7, 11) is 0. The highest BCUT2D eigenvalue weighted by Gasteiger charge is 2.28. The van der Waals surface area contributed by atoms with E-state index in [0.717, 1.165) is 40.8 Å². The number of aromatic nitrogens is 6. The topological polar surface area (TPSA) is 91.0 Å². The maximum atomic E-state index is 11.9. The fraction of sp³-hybridized carbons (Fsp3) is 0.292. The molecule has 0 amide bonds. The first-order valence-corrected chi connectivity index (χ1v) is 10.9. The molecule has 168 valence electrons. The van der Waals surface area contributed by atoms with Gasteiger partial charge in [-0.2, -0.15) is 25.2 Å². The van der Waals surface area contributed by atoms with Crippen molar-refractivity contribution >= 4 is 12.0 Å². The van der Waals surface area contributed by atoms with Crippen molar-refractivity contribution in [1.82, 2.24) is 30.0 Å². The van der Waals surface area contributed by atoms with Gasteiger partial charge in [-0.3, -0.25) is 4.79 Å². The van der Waals surface area contributed by atoms with Crippen LogP contribution in [0, 0.1) is 13.8 Å². The van der Waals surface area contributed by atoms with Crippen molar-refractivity contribution in [1.29, 1.82) is 0 Å². The number of hydrogen-bond acceptors (Lipinski definition) is 7. The fourth-order valence-electron chi connectivity index (χ4n) is 4.40. The normalized spacial score (nSPS) is 16.2.